The van der Waals surface area contributed by atoms with Gasteiger partial charge in [-0.15, -0.1) is 0 Å². The summed E-state index contributed by atoms with van der Waals surface area (Å²) in [6.07, 6.45) is 1.97. The summed E-state index contributed by atoms with van der Waals surface area (Å²) in [5, 5.41) is 12.1. The Morgan fingerprint density at radius 2 is 1.76 bits per heavy atom. The molecule has 2 aliphatic rings. The first-order valence-electron chi connectivity index (χ1n) is 11.1. The van der Waals surface area contributed by atoms with Crippen molar-refractivity contribution in [2.45, 2.75) is 18.8 Å². The van der Waals surface area contributed by atoms with Crippen molar-refractivity contribution >= 4 is 34.4 Å². The number of ether oxygens (including phenoxy) is 1. The van der Waals surface area contributed by atoms with Crippen LogP contribution in [0.5, 0.6) is 0 Å². The molecule has 2 N–H and O–H groups in total. The first-order chi connectivity index (χ1) is 16.5. The van der Waals surface area contributed by atoms with E-state index in [9.17, 15) is 19.5 Å². The first kappa shape index (κ1) is 22.1. The monoisotopic (exact) mass is 477 g/mol. The lowest BCUT2D eigenvalue weighted by atomic mass is 9.98. The van der Waals surface area contributed by atoms with Crippen LogP contribution in [0.25, 0.3) is 11.1 Å². The number of nitrogens with one attached hydrogen (secondary N) is 1. The summed E-state index contributed by atoms with van der Waals surface area (Å²) in [4.78, 5) is 42.5. The number of carboxylic acid groups (broad SMARTS) is 1. The van der Waals surface area contributed by atoms with Gasteiger partial charge in [-0.1, -0.05) is 59.9 Å². The van der Waals surface area contributed by atoms with E-state index in [0.29, 0.717) is 24.3 Å². The van der Waals surface area contributed by atoms with E-state index in [-0.39, 0.29) is 30.1 Å². The number of fused-ring (bicyclic) bond motifs is 3. The van der Waals surface area contributed by atoms with Gasteiger partial charge in [0.1, 0.15) is 11.5 Å². The molecule has 2 heterocycles. The largest absolute Gasteiger partial charge is 0.481 e. The van der Waals surface area contributed by atoms with Gasteiger partial charge in [-0.05, 0) is 35.1 Å². The van der Waals surface area contributed by atoms with Crippen molar-refractivity contribution in [2.75, 3.05) is 25.0 Å². The maximum atomic E-state index is 12.8. The minimum atomic E-state index is -0.889. The van der Waals surface area contributed by atoms with Crippen LogP contribution in [0, 0.1) is 5.92 Å². The van der Waals surface area contributed by atoms with Crippen LogP contribution in [0.1, 0.15) is 39.6 Å². The number of aromatic nitrogens is 1. The number of hydrogen-bond acceptors (Lipinski definition) is 6. The van der Waals surface area contributed by atoms with Gasteiger partial charge in [-0.25, -0.2) is 9.78 Å². The molecule has 1 saturated heterocycles. The van der Waals surface area contributed by atoms with Gasteiger partial charge in [0.2, 0.25) is 0 Å². The van der Waals surface area contributed by atoms with E-state index in [1.54, 1.807) is 0 Å². The lowest BCUT2D eigenvalue weighted by Gasteiger charge is -2.30. The number of carbonyl (C=O) groups is 3. The number of carbonyl (C=O) groups excluding carboxylic acids is 2. The molecule has 0 saturated carbocycles. The molecule has 2 amide bonds. The van der Waals surface area contributed by atoms with Gasteiger partial charge in [0.15, 0.2) is 5.13 Å². The fourth-order valence-electron chi connectivity index (χ4n) is 4.67. The molecule has 2 aromatic carbocycles. The van der Waals surface area contributed by atoms with Gasteiger partial charge < -0.3 is 14.7 Å². The molecule has 1 aliphatic heterocycles. The number of aliphatic carboxylic acids is 1. The van der Waals surface area contributed by atoms with E-state index < -0.39 is 18.0 Å². The second-order valence-corrected chi connectivity index (χ2v) is 9.44. The highest BCUT2D eigenvalue weighted by Crippen LogP contribution is 2.44. The molecule has 1 fully saturated rings. The summed E-state index contributed by atoms with van der Waals surface area (Å²) >= 11 is 1.05. The number of rotatable bonds is 5. The third-order valence-corrected chi connectivity index (χ3v) is 7.23. The average Bonchev–Trinajstić information content (AvgIpc) is 3.45. The maximum Gasteiger partial charge on any atom is 0.413 e. The number of nitrogens with zero attached hydrogens (tertiary/aromatic N) is 2. The van der Waals surface area contributed by atoms with Crippen molar-refractivity contribution in [3.05, 3.63) is 70.7 Å². The normalized spacial score (nSPS) is 17.1. The Labute approximate surface area is 200 Å². The third kappa shape index (κ3) is 4.26. The molecule has 1 aliphatic carbocycles. The van der Waals surface area contributed by atoms with E-state index >= 15 is 0 Å². The topological polar surface area (TPSA) is 109 Å². The maximum absolute atomic E-state index is 12.8. The van der Waals surface area contributed by atoms with Crippen LogP contribution in [-0.4, -0.2) is 52.7 Å². The molecule has 0 spiro atoms. The van der Waals surface area contributed by atoms with E-state index in [1.807, 2.05) is 24.3 Å². The summed E-state index contributed by atoms with van der Waals surface area (Å²) in [7, 11) is 0. The van der Waals surface area contributed by atoms with Crippen molar-refractivity contribution in [3.8, 4) is 11.1 Å². The minimum Gasteiger partial charge on any atom is -0.481 e. The average molecular weight is 478 g/mol. The number of thiazole rings is 1. The van der Waals surface area contributed by atoms with E-state index in [1.165, 1.54) is 11.1 Å². The minimum absolute atomic E-state index is 0.0483. The molecule has 9 heteroatoms. The molecule has 0 unspecified atom stereocenters. The molecule has 174 valence electrons. The molecule has 8 nitrogen and oxygen atoms in total. The van der Waals surface area contributed by atoms with E-state index in [4.69, 9.17) is 4.74 Å². The van der Waals surface area contributed by atoms with Gasteiger partial charge in [-0.3, -0.25) is 14.9 Å². The third-order valence-electron chi connectivity index (χ3n) is 6.33. The van der Waals surface area contributed by atoms with Crippen molar-refractivity contribution < 1.29 is 24.2 Å². The van der Waals surface area contributed by atoms with Crippen LogP contribution in [0.15, 0.2) is 54.7 Å². The quantitative estimate of drug-likeness (QED) is 0.562. The molecular formula is C25H23N3O5S. The summed E-state index contributed by atoms with van der Waals surface area (Å²) < 4.78 is 5.53. The number of hydrogen-bond donors (Lipinski definition) is 2. The number of amides is 2. The number of piperidine rings is 1. The highest BCUT2D eigenvalue weighted by Gasteiger charge is 2.31. The second-order valence-electron chi connectivity index (χ2n) is 8.41. The molecule has 1 atom stereocenters. The standard InChI is InChI=1S/C25H23N3O5S/c29-22(28-11-5-6-15(13-28)23(30)31)21-12-26-24(34-21)27-25(32)33-14-20-18-9-3-1-7-16(18)17-8-2-4-10-19(17)20/h1-4,7-10,12,15,20H,5-6,11,13-14H2,(H,30,31)(H,26,27,32)/t15-/m1/s1. The van der Waals surface area contributed by atoms with Gasteiger partial charge in [0, 0.05) is 19.0 Å². The zero-order valence-electron chi connectivity index (χ0n) is 18.3. The van der Waals surface area contributed by atoms with Crippen molar-refractivity contribution in [1.82, 2.24) is 9.88 Å². The number of anilines is 1. The Kier molecular flexibility index (Phi) is 6.02. The number of likely N-dealkylation sites (tertiary alicyclic amines) is 1. The SMILES string of the molecule is O=C(Nc1ncc(C(=O)N2CCC[C@@H](C(=O)O)C2)s1)OCC1c2ccccc2-c2ccccc21. The predicted molar refractivity (Wildman–Crippen MR) is 127 cm³/mol. The summed E-state index contributed by atoms with van der Waals surface area (Å²) in [6.45, 7) is 0.873. The van der Waals surface area contributed by atoms with Crippen LogP contribution < -0.4 is 5.32 Å². The fraction of sp³-hybridized carbons (Fsp3) is 0.280. The summed E-state index contributed by atoms with van der Waals surface area (Å²) in [5.74, 6) is -1.76. The molecule has 0 bridgehead atoms. The smallest absolute Gasteiger partial charge is 0.413 e. The zero-order chi connectivity index (χ0) is 23.7. The molecule has 1 aromatic heterocycles. The Bertz CT molecular complexity index is 1210. The Morgan fingerprint density at radius 3 is 2.44 bits per heavy atom. The van der Waals surface area contributed by atoms with Gasteiger partial charge in [0.25, 0.3) is 5.91 Å². The van der Waals surface area contributed by atoms with E-state index in [2.05, 4.69) is 34.6 Å². The molecule has 34 heavy (non-hydrogen) atoms. The predicted octanol–water partition coefficient (Wildman–Crippen LogP) is 4.44. The van der Waals surface area contributed by atoms with Crippen LogP contribution in [0.3, 0.4) is 0 Å². The van der Waals surface area contributed by atoms with Gasteiger partial charge in [-0.2, -0.15) is 0 Å². The lowest BCUT2D eigenvalue weighted by Crippen LogP contribution is -2.42. The Morgan fingerprint density at radius 1 is 1.09 bits per heavy atom. The Hall–Kier alpha value is -3.72. The van der Waals surface area contributed by atoms with Crippen LogP contribution in [0.2, 0.25) is 0 Å². The van der Waals surface area contributed by atoms with E-state index in [0.717, 1.165) is 33.6 Å². The van der Waals surface area contributed by atoms with Gasteiger partial charge in [0.05, 0.1) is 12.1 Å². The highest BCUT2D eigenvalue weighted by atomic mass is 32.1. The Balaban J connectivity index is 1.20. The van der Waals surface area contributed by atoms with Crippen LogP contribution in [-0.2, 0) is 9.53 Å². The van der Waals surface area contributed by atoms with Crippen molar-refractivity contribution in [2.24, 2.45) is 5.92 Å². The van der Waals surface area contributed by atoms with Crippen molar-refractivity contribution in [1.29, 1.82) is 0 Å². The molecule has 5 rings (SSSR count). The van der Waals surface area contributed by atoms with Crippen molar-refractivity contribution in [3.63, 3.8) is 0 Å². The summed E-state index contributed by atoms with van der Waals surface area (Å²) in [5.41, 5.74) is 4.55. The molecule has 0 radical (unpaired) electrons. The number of benzene rings is 2. The molecule has 3 aromatic rings. The highest BCUT2D eigenvalue weighted by molar-refractivity contribution is 7.17. The fourth-order valence-corrected chi connectivity index (χ4v) is 5.44. The van der Waals surface area contributed by atoms with Crippen LogP contribution in [0.4, 0.5) is 9.93 Å². The summed E-state index contributed by atoms with van der Waals surface area (Å²) in [6, 6.07) is 16.2. The second kappa shape index (κ2) is 9.26. The molecular weight excluding hydrogens is 454 g/mol. The first-order valence-corrected chi connectivity index (χ1v) is 11.9. The van der Waals surface area contributed by atoms with Gasteiger partial charge >= 0.3 is 12.1 Å². The zero-order valence-corrected chi connectivity index (χ0v) is 19.1. The van der Waals surface area contributed by atoms with Crippen LogP contribution >= 0.6 is 11.3 Å². The lowest BCUT2D eigenvalue weighted by molar-refractivity contribution is -0.143. The number of carboxylic acids is 1.